The number of anilines is 1. The monoisotopic (exact) mass is 409 g/mol. The minimum atomic E-state index is -0.637. The van der Waals surface area contributed by atoms with Gasteiger partial charge < -0.3 is 5.32 Å². The van der Waals surface area contributed by atoms with Gasteiger partial charge in [0.15, 0.2) is 0 Å². The van der Waals surface area contributed by atoms with Crippen molar-refractivity contribution < 1.29 is 0 Å². The van der Waals surface area contributed by atoms with Crippen LogP contribution in [0, 0.1) is 0 Å². The van der Waals surface area contributed by atoms with Crippen LogP contribution in [-0.4, -0.2) is 0 Å². The van der Waals surface area contributed by atoms with Crippen LogP contribution in [0.4, 0.5) is 5.69 Å². The first-order valence-electron chi connectivity index (χ1n) is 10.7. The van der Waals surface area contributed by atoms with Gasteiger partial charge in [0.1, 0.15) is 0 Å². The summed E-state index contributed by atoms with van der Waals surface area (Å²) in [5.41, 5.74) is 4.02. The summed E-state index contributed by atoms with van der Waals surface area (Å²) < 4.78 is 0. The van der Waals surface area contributed by atoms with E-state index in [1.54, 1.807) is 0 Å². The number of hydrogen-bond donors (Lipinski definition) is 1. The van der Waals surface area contributed by atoms with E-state index < -0.39 is 7.92 Å². The van der Waals surface area contributed by atoms with Gasteiger partial charge in [-0.1, -0.05) is 123 Å². The highest BCUT2D eigenvalue weighted by Crippen LogP contribution is 2.37. The molecule has 2 heteroatoms. The molecule has 0 aliphatic rings. The van der Waals surface area contributed by atoms with Crippen molar-refractivity contribution in [3.8, 4) is 0 Å². The van der Waals surface area contributed by atoms with Gasteiger partial charge in [0, 0.05) is 17.5 Å². The van der Waals surface area contributed by atoms with E-state index in [-0.39, 0.29) is 0 Å². The lowest BCUT2D eigenvalue weighted by Crippen LogP contribution is -2.24. The normalized spacial score (nSPS) is 10.9. The first kappa shape index (κ1) is 20.4. The molecule has 4 rings (SSSR count). The maximum absolute atomic E-state index is 3.82. The average Bonchev–Trinajstić information content (AvgIpc) is 2.81. The van der Waals surface area contributed by atoms with Gasteiger partial charge in [-0.15, -0.1) is 0 Å². The Bertz CT molecular complexity index is 1010. The van der Waals surface area contributed by atoms with Gasteiger partial charge in [-0.05, 0) is 36.1 Å². The highest BCUT2D eigenvalue weighted by Gasteiger charge is 2.21. The lowest BCUT2D eigenvalue weighted by Gasteiger charge is -2.25. The van der Waals surface area contributed by atoms with Crippen molar-refractivity contribution in [2.45, 2.75) is 26.3 Å². The van der Waals surface area contributed by atoms with Crippen LogP contribution in [0.5, 0.6) is 0 Å². The predicted molar refractivity (Wildman–Crippen MR) is 133 cm³/mol. The minimum Gasteiger partial charge on any atom is -0.380 e. The Labute approximate surface area is 181 Å². The third-order valence-electron chi connectivity index (χ3n) is 5.23. The summed E-state index contributed by atoms with van der Waals surface area (Å²) in [5, 5.41) is 7.99. The zero-order valence-electron chi connectivity index (χ0n) is 17.5. The SMILES string of the molecule is CCCc1cccc(P(c2ccccc2)c2ccccc2)c1NCc1ccccc1. The lowest BCUT2D eigenvalue weighted by molar-refractivity contribution is 0.921. The molecule has 0 aliphatic carbocycles. The van der Waals surface area contributed by atoms with Gasteiger partial charge >= 0.3 is 0 Å². The molecule has 0 fully saturated rings. The second-order valence-electron chi connectivity index (χ2n) is 7.41. The smallest absolute Gasteiger partial charge is 0.0460 e. The van der Waals surface area contributed by atoms with Crippen molar-refractivity contribution in [3.63, 3.8) is 0 Å². The standard InChI is InChI=1S/C28H28NP/c1-2-13-24-16-12-21-27(28(24)29-22-23-14-6-3-7-15-23)30(25-17-8-4-9-18-25)26-19-10-5-11-20-26/h3-12,14-21,29H,2,13,22H2,1H3. The van der Waals surface area contributed by atoms with Crippen LogP contribution in [-0.2, 0) is 13.0 Å². The molecule has 4 aromatic rings. The van der Waals surface area contributed by atoms with Crippen molar-refractivity contribution in [3.05, 3.63) is 120 Å². The van der Waals surface area contributed by atoms with Gasteiger partial charge in [0.2, 0.25) is 0 Å². The van der Waals surface area contributed by atoms with Crippen molar-refractivity contribution >= 4 is 29.5 Å². The van der Waals surface area contributed by atoms with Crippen LogP contribution in [0.15, 0.2) is 109 Å². The minimum absolute atomic E-state index is 0.637. The fourth-order valence-corrected chi connectivity index (χ4v) is 6.30. The van der Waals surface area contributed by atoms with E-state index in [4.69, 9.17) is 0 Å². The van der Waals surface area contributed by atoms with Crippen molar-refractivity contribution in [1.82, 2.24) is 0 Å². The summed E-state index contributed by atoms with van der Waals surface area (Å²) in [7, 11) is -0.637. The quantitative estimate of drug-likeness (QED) is 0.352. The molecule has 30 heavy (non-hydrogen) atoms. The maximum Gasteiger partial charge on any atom is 0.0460 e. The van der Waals surface area contributed by atoms with Crippen LogP contribution in [0.3, 0.4) is 0 Å². The highest BCUT2D eigenvalue weighted by molar-refractivity contribution is 7.80. The highest BCUT2D eigenvalue weighted by atomic mass is 31.1. The van der Waals surface area contributed by atoms with E-state index in [2.05, 4.69) is 121 Å². The van der Waals surface area contributed by atoms with Crippen LogP contribution in [0.25, 0.3) is 0 Å². The second-order valence-corrected chi connectivity index (χ2v) is 9.59. The molecule has 0 unspecified atom stereocenters. The molecule has 0 bridgehead atoms. The van der Waals surface area contributed by atoms with E-state index in [9.17, 15) is 0 Å². The third kappa shape index (κ3) is 4.81. The molecule has 0 spiro atoms. The molecule has 0 atom stereocenters. The molecule has 1 nitrogen and oxygen atoms in total. The van der Waals surface area contributed by atoms with Gasteiger partial charge in [-0.2, -0.15) is 0 Å². The largest absolute Gasteiger partial charge is 0.380 e. The van der Waals surface area contributed by atoms with E-state index in [0.29, 0.717) is 0 Å². The number of hydrogen-bond acceptors (Lipinski definition) is 1. The first-order chi connectivity index (χ1) is 14.9. The molecule has 0 saturated heterocycles. The maximum atomic E-state index is 3.82. The van der Waals surface area contributed by atoms with E-state index in [1.165, 1.54) is 32.7 Å². The fraction of sp³-hybridized carbons (Fsp3) is 0.143. The first-order valence-corrected chi connectivity index (χ1v) is 12.0. The van der Waals surface area contributed by atoms with E-state index in [1.807, 2.05) is 0 Å². The van der Waals surface area contributed by atoms with E-state index in [0.717, 1.165) is 19.4 Å². The zero-order chi connectivity index (χ0) is 20.6. The Kier molecular flexibility index (Phi) is 6.95. The topological polar surface area (TPSA) is 12.0 Å². The van der Waals surface area contributed by atoms with Crippen LogP contribution < -0.4 is 21.2 Å². The lowest BCUT2D eigenvalue weighted by atomic mass is 10.1. The Balaban J connectivity index is 1.81. The third-order valence-corrected chi connectivity index (χ3v) is 7.71. The summed E-state index contributed by atoms with van der Waals surface area (Å²) in [4.78, 5) is 0. The number of benzene rings is 4. The van der Waals surface area contributed by atoms with Crippen molar-refractivity contribution in [1.29, 1.82) is 0 Å². The zero-order valence-corrected chi connectivity index (χ0v) is 18.4. The van der Waals surface area contributed by atoms with Crippen LogP contribution in [0.2, 0.25) is 0 Å². The molecule has 0 saturated carbocycles. The van der Waals surface area contributed by atoms with Crippen LogP contribution in [0.1, 0.15) is 24.5 Å². The molecule has 0 amide bonds. The Morgan fingerprint density at radius 1 is 0.633 bits per heavy atom. The summed E-state index contributed by atoms with van der Waals surface area (Å²) in [6.45, 7) is 3.09. The summed E-state index contributed by atoms with van der Waals surface area (Å²) in [6.07, 6.45) is 2.22. The fourth-order valence-electron chi connectivity index (χ4n) is 3.82. The molecular weight excluding hydrogens is 381 g/mol. The number of aryl methyl sites for hydroxylation is 1. The van der Waals surface area contributed by atoms with Gasteiger partial charge in [0.05, 0.1) is 0 Å². The molecule has 0 aliphatic heterocycles. The average molecular weight is 410 g/mol. The number of rotatable bonds is 8. The summed E-state index contributed by atoms with van der Waals surface area (Å²) in [5.74, 6) is 0. The Morgan fingerprint density at radius 3 is 1.77 bits per heavy atom. The molecule has 4 aromatic carbocycles. The predicted octanol–water partition coefficient (Wildman–Crippen LogP) is 6.01. The van der Waals surface area contributed by atoms with E-state index >= 15 is 0 Å². The molecule has 0 heterocycles. The van der Waals surface area contributed by atoms with Gasteiger partial charge in [-0.25, -0.2) is 0 Å². The van der Waals surface area contributed by atoms with Crippen LogP contribution >= 0.6 is 7.92 Å². The number of nitrogens with one attached hydrogen (secondary N) is 1. The van der Waals surface area contributed by atoms with Crippen molar-refractivity contribution in [2.24, 2.45) is 0 Å². The molecule has 150 valence electrons. The van der Waals surface area contributed by atoms with Crippen molar-refractivity contribution in [2.75, 3.05) is 5.32 Å². The van der Waals surface area contributed by atoms with Gasteiger partial charge in [-0.3, -0.25) is 0 Å². The summed E-state index contributed by atoms with van der Waals surface area (Å²) >= 11 is 0. The second kappa shape index (κ2) is 10.2. The Morgan fingerprint density at radius 2 is 1.20 bits per heavy atom. The molecule has 0 radical (unpaired) electrons. The molecular formula is C28H28NP. The summed E-state index contributed by atoms with van der Waals surface area (Å²) in [6, 6.07) is 39.4. The molecule has 0 aromatic heterocycles. The number of para-hydroxylation sites is 1. The molecule has 1 N–H and O–H groups in total. The Hall–Kier alpha value is -2.89. The van der Waals surface area contributed by atoms with Gasteiger partial charge in [0.25, 0.3) is 0 Å².